The first-order valence-corrected chi connectivity index (χ1v) is 13.4. The Morgan fingerprint density at radius 3 is 2.15 bits per heavy atom. The van der Waals surface area contributed by atoms with Gasteiger partial charge in [-0.15, -0.1) is 0 Å². The number of hydrogen-bond acceptors (Lipinski definition) is 5. The van der Waals surface area contributed by atoms with Gasteiger partial charge in [-0.2, -0.15) is 0 Å². The van der Waals surface area contributed by atoms with Gasteiger partial charge in [0.25, 0.3) is 0 Å². The Kier molecular flexibility index (Phi) is 6.57. The molecule has 5 heteroatoms. The smallest absolute Gasteiger partial charge is 0.316 e. The fraction of sp³-hybridized carbons (Fsp3) is 0.206. The van der Waals surface area contributed by atoms with Gasteiger partial charge < -0.3 is 9.26 Å². The number of aromatic nitrogens is 2. The fourth-order valence-corrected chi connectivity index (χ4v) is 5.19. The molecule has 0 amide bonds. The molecular weight excluding hydrogens is 484 g/mol. The minimum absolute atomic E-state index is 0.109. The number of nitrogens with zero attached hydrogens (tertiary/aromatic N) is 2. The van der Waals surface area contributed by atoms with Gasteiger partial charge in [0.15, 0.2) is 5.76 Å². The Hall–Kier alpha value is -4.51. The third-order valence-electron chi connectivity index (χ3n) is 7.60. The molecule has 2 aromatic heterocycles. The highest BCUT2D eigenvalue weighted by atomic mass is 16.5. The van der Waals surface area contributed by atoms with Crippen molar-refractivity contribution in [3.05, 3.63) is 120 Å². The molecule has 0 bridgehead atoms. The molecular formula is C34H30N2O3. The van der Waals surface area contributed by atoms with Crippen LogP contribution in [-0.4, -0.2) is 22.7 Å². The van der Waals surface area contributed by atoms with Crippen LogP contribution in [0.15, 0.2) is 102 Å². The molecule has 0 spiro atoms. The van der Waals surface area contributed by atoms with Crippen LogP contribution in [0.3, 0.4) is 0 Å². The van der Waals surface area contributed by atoms with Gasteiger partial charge >= 0.3 is 5.97 Å². The standard InChI is InChI=1S/C34H30N2O3/c1-3-38-33(37)34(18-19-34)29-15-13-26(14-16-29)25-9-11-27(12-10-25)32-31(23(2)36-39-32)22-30-21-28(17-20-35-30)24-7-5-4-6-8-24/h4-17,20-21H,3,18-19,22H2,1-2H3. The highest BCUT2D eigenvalue weighted by Crippen LogP contribution is 2.49. The summed E-state index contributed by atoms with van der Waals surface area (Å²) >= 11 is 0. The first-order chi connectivity index (χ1) is 19.1. The molecule has 194 valence electrons. The zero-order valence-electron chi connectivity index (χ0n) is 22.2. The van der Waals surface area contributed by atoms with Crippen LogP contribution in [0.4, 0.5) is 0 Å². The molecule has 1 fully saturated rings. The Morgan fingerprint density at radius 2 is 1.49 bits per heavy atom. The maximum Gasteiger partial charge on any atom is 0.316 e. The van der Waals surface area contributed by atoms with Crippen LogP contribution in [0.25, 0.3) is 33.6 Å². The van der Waals surface area contributed by atoms with E-state index in [1.165, 1.54) is 5.56 Å². The van der Waals surface area contributed by atoms with E-state index in [0.717, 1.165) is 63.4 Å². The number of ether oxygens (including phenoxy) is 1. The molecule has 0 N–H and O–H groups in total. The summed E-state index contributed by atoms with van der Waals surface area (Å²) in [7, 11) is 0. The van der Waals surface area contributed by atoms with Crippen molar-refractivity contribution < 1.29 is 14.1 Å². The monoisotopic (exact) mass is 514 g/mol. The normalized spacial score (nSPS) is 13.7. The fourth-order valence-electron chi connectivity index (χ4n) is 5.19. The SMILES string of the molecule is CCOC(=O)C1(c2ccc(-c3ccc(-c4onc(C)c4Cc4cc(-c5ccccc5)ccn4)cc3)cc2)CC1. The lowest BCUT2D eigenvalue weighted by Gasteiger charge is -2.14. The van der Waals surface area contributed by atoms with E-state index in [4.69, 9.17) is 9.26 Å². The van der Waals surface area contributed by atoms with E-state index < -0.39 is 5.41 Å². The van der Waals surface area contributed by atoms with E-state index in [1.54, 1.807) is 0 Å². The van der Waals surface area contributed by atoms with Crippen LogP contribution in [0.1, 0.15) is 42.3 Å². The molecule has 39 heavy (non-hydrogen) atoms. The van der Waals surface area contributed by atoms with Crippen molar-refractivity contribution in [3.8, 4) is 33.6 Å². The summed E-state index contributed by atoms with van der Waals surface area (Å²) in [5, 5.41) is 4.28. The van der Waals surface area contributed by atoms with Crippen LogP contribution in [-0.2, 0) is 21.4 Å². The molecule has 0 radical (unpaired) electrons. The van der Waals surface area contributed by atoms with Crippen molar-refractivity contribution >= 4 is 5.97 Å². The van der Waals surface area contributed by atoms with E-state index in [9.17, 15) is 4.79 Å². The van der Waals surface area contributed by atoms with Gasteiger partial charge in [-0.25, -0.2) is 0 Å². The van der Waals surface area contributed by atoms with Crippen molar-refractivity contribution in [2.75, 3.05) is 6.61 Å². The predicted molar refractivity (Wildman–Crippen MR) is 152 cm³/mol. The highest BCUT2D eigenvalue weighted by molar-refractivity contribution is 5.87. The summed E-state index contributed by atoms with van der Waals surface area (Å²) in [4.78, 5) is 17.1. The summed E-state index contributed by atoms with van der Waals surface area (Å²) in [6.45, 7) is 4.24. The lowest BCUT2D eigenvalue weighted by molar-refractivity contribution is -0.146. The van der Waals surface area contributed by atoms with Crippen LogP contribution in [0, 0.1) is 6.92 Å². The average Bonchev–Trinajstić information content (AvgIpc) is 3.73. The highest BCUT2D eigenvalue weighted by Gasteiger charge is 2.52. The Morgan fingerprint density at radius 1 is 0.846 bits per heavy atom. The van der Waals surface area contributed by atoms with Gasteiger partial charge in [0.2, 0.25) is 0 Å². The van der Waals surface area contributed by atoms with Crippen molar-refractivity contribution in [1.82, 2.24) is 10.1 Å². The van der Waals surface area contributed by atoms with Crippen molar-refractivity contribution in [2.24, 2.45) is 0 Å². The second-order valence-corrected chi connectivity index (χ2v) is 10.1. The van der Waals surface area contributed by atoms with Crippen LogP contribution in [0.5, 0.6) is 0 Å². The second-order valence-electron chi connectivity index (χ2n) is 10.1. The second kappa shape index (κ2) is 10.3. The first kappa shape index (κ1) is 24.8. The maximum atomic E-state index is 12.4. The van der Waals surface area contributed by atoms with Gasteiger partial charge in [0, 0.05) is 29.4 Å². The average molecular weight is 515 g/mol. The molecule has 1 aliphatic rings. The molecule has 1 saturated carbocycles. The van der Waals surface area contributed by atoms with Gasteiger partial charge in [0.05, 0.1) is 17.7 Å². The lowest BCUT2D eigenvalue weighted by atomic mass is 9.93. The number of carbonyl (C=O) groups is 1. The van der Waals surface area contributed by atoms with Gasteiger partial charge in [0.1, 0.15) is 0 Å². The van der Waals surface area contributed by atoms with E-state index in [2.05, 4.69) is 76.9 Å². The largest absolute Gasteiger partial charge is 0.465 e. The van der Waals surface area contributed by atoms with E-state index in [1.807, 2.05) is 44.3 Å². The quantitative estimate of drug-likeness (QED) is 0.200. The molecule has 0 unspecified atom stereocenters. The molecule has 5 nitrogen and oxygen atoms in total. The Bertz CT molecular complexity index is 1600. The zero-order chi connectivity index (χ0) is 26.8. The van der Waals surface area contributed by atoms with Crippen molar-refractivity contribution in [1.29, 1.82) is 0 Å². The summed E-state index contributed by atoms with van der Waals surface area (Å²) in [6.07, 6.45) is 4.20. The maximum absolute atomic E-state index is 12.4. The van der Waals surface area contributed by atoms with Crippen molar-refractivity contribution in [3.63, 3.8) is 0 Å². The zero-order valence-corrected chi connectivity index (χ0v) is 22.2. The Balaban J connectivity index is 1.22. The third-order valence-corrected chi connectivity index (χ3v) is 7.60. The van der Waals surface area contributed by atoms with Gasteiger partial charge in [-0.3, -0.25) is 9.78 Å². The minimum atomic E-state index is -0.450. The van der Waals surface area contributed by atoms with Crippen LogP contribution >= 0.6 is 0 Å². The number of aryl methyl sites for hydroxylation is 1. The molecule has 0 atom stereocenters. The minimum Gasteiger partial charge on any atom is -0.465 e. The van der Waals surface area contributed by atoms with Crippen molar-refractivity contribution in [2.45, 2.75) is 38.5 Å². The third kappa shape index (κ3) is 4.88. The summed E-state index contributed by atoms with van der Waals surface area (Å²) in [5.74, 6) is 0.661. The number of pyridine rings is 1. The van der Waals surface area contributed by atoms with Gasteiger partial charge in [-0.1, -0.05) is 84.0 Å². The summed E-state index contributed by atoms with van der Waals surface area (Å²) in [6, 6.07) is 31.1. The van der Waals surface area contributed by atoms with Crippen LogP contribution in [0.2, 0.25) is 0 Å². The number of hydrogen-bond donors (Lipinski definition) is 0. The number of carbonyl (C=O) groups excluding carboxylic acids is 1. The topological polar surface area (TPSA) is 65.2 Å². The number of esters is 1. The molecule has 2 heterocycles. The summed E-state index contributed by atoms with van der Waals surface area (Å²) < 4.78 is 11.1. The predicted octanol–water partition coefficient (Wildman–Crippen LogP) is 7.56. The molecule has 0 aliphatic heterocycles. The first-order valence-electron chi connectivity index (χ1n) is 13.4. The van der Waals surface area contributed by atoms with Gasteiger partial charge in [-0.05, 0) is 66.6 Å². The van der Waals surface area contributed by atoms with Crippen LogP contribution < -0.4 is 0 Å². The van der Waals surface area contributed by atoms with E-state index in [0.29, 0.717) is 13.0 Å². The molecule has 0 saturated heterocycles. The number of benzene rings is 3. The van der Waals surface area contributed by atoms with E-state index >= 15 is 0 Å². The summed E-state index contributed by atoms with van der Waals surface area (Å²) in [5.41, 5.74) is 8.94. The molecule has 3 aromatic carbocycles. The number of rotatable bonds is 8. The van der Waals surface area contributed by atoms with E-state index in [-0.39, 0.29) is 5.97 Å². The Labute approximate surface area is 228 Å². The lowest BCUT2D eigenvalue weighted by Crippen LogP contribution is -2.23. The molecule has 1 aliphatic carbocycles. The molecule has 5 aromatic rings. The molecule has 6 rings (SSSR count).